The molecule has 0 radical (unpaired) electrons. The Kier molecular flexibility index (Phi) is 5.29. The number of nitrogens with zero attached hydrogens (tertiary/aromatic N) is 2. The fraction of sp³-hybridized carbons (Fsp3) is 0.231. The topological polar surface area (TPSA) is 146 Å². The Bertz CT molecular complexity index is 1640. The van der Waals surface area contributed by atoms with Gasteiger partial charge in [0.05, 0.1) is 42.2 Å². The molecule has 0 saturated carbocycles. The standard InChI is InChI=1S/C26H22N4O6/c27-8-22(31)28-12-35-10-13-1-2-14-3-4-20-17(16(14)5-13)6-15-9-30-21(23(15)29-20)7-18-19(25(30)33)11-36-26(34)24(18)32/h1-7,24,32H,8-12,27H2,(H,28,31). The summed E-state index contributed by atoms with van der Waals surface area (Å²) in [5, 5.41) is 15.8. The maximum atomic E-state index is 13.1. The Morgan fingerprint density at radius 2 is 2.03 bits per heavy atom. The van der Waals surface area contributed by atoms with Crippen molar-refractivity contribution in [1.82, 2.24) is 14.9 Å². The van der Waals surface area contributed by atoms with E-state index < -0.39 is 12.1 Å². The number of nitrogens with one attached hydrogen (secondary N) is 1. The Labute approximate surface area is 204 Å². The van der Waals surface area contributed by atoms with Crippen molar-refractivity contribution in [2.45, 2.75) is 25.9 Å². The third-order valence-corrected chi connectivity index (χ3v) is 6.67. The first-order chi connectivity index (χ1) is 17.4. The summed E-state index contributed by atoms with van der Waals surface area (Å²) in [5.41, 5.74) is 9.36. The van der Waals surface area contributed by atoms with Crippen LogP contribution in [-0.2, 0) is 38.8 Å². The Morgan fingerprint density at radius 3 is 2.86 bits per heavy atom. The summed E-state index contributed by atoms with van der Waals surface area (Å²) in [4.78, 5) is 41.1. The van der Waals surface area contributed by atoms with Crippen LogP contribution < -0.4 is 16.6 Å². The van der Waals surface area contributed by atoms with Crippen LogP contribution in [0.4, 0.5) is 0 Å². The first kappa shape index (κ1) is 22.4. The second-order valence-electron chi connectivity index (χ2n) is 8.85. The van der Waals surface area contributed by atoms with E-state index in [-0.39, 0.29) is 36.9 Å². The highest BCUT2D eigenvalue weighted by molar-refractivity contribution is 6.07. The molecule has 4 aromatic rings. The lowest BCUT2D eigenvalue weighted by atomic mass is 9.99. The number of hydrogen-bond donors (Lipinski definition) is 3. The third kappa shape index (κ3) is 3.54. The van der Waals surface area contributed by atoms with Crippen molar-refractivity contribution in [2.24, 2.45) is 5.73 Å². The summed E-state index contributed by atoms with van der Waals surface area (Å²) in [7, 11) is 0. The summed E-state index contributed by atoms with van der Waals surface area (Å²) in [6.45, 7) is 0.477. The molecular weight excluding hydrogens is 464 g/mol. The molecule has 36 heavy (non-hydrogen) atoms. The van der Waals surface area contributed by atoms with Gasteiger partial charge in [0.1, 0.15) is 13.3 Å². The molecule has 1 atom stereocenters. The molecule has 182 valence electrons. The van der Waals surface area contributed by atoms with E-state index >= 15 is 0 Å². The van der Waals surface area contributed by atoms with E-state index in [1.54, 1.807) is 10.6 Å². The molecule has 2 aliphatic rings. The lowest BCUT2D eigenvalue weighted by Gasteiger charge is -2.21. The first-order valence-corrected chi connectivity index (χ1v) is 11.5. The van der Waals surface area contributed by atoms with Crippen LogP contribution in [0.25, 0.3) is 33.1 Å². The predicted octanol–water partition coefficient (Wildman–Crippen LogP) is 1.22. The molecule has 2 aromatic carbocycles. The number of rotatable bonds is 5. The van der Waals surface area contributed by atoms with Crippen molar-refractivity contribution in [3.63, 3.8) is 0 Å². The zero-order valence-electron chi connectivity index (χ0n) is 19.1. The van der Waals surface area contributed by atoms with Gasteiger partial charge in [-0.3, -0.25) is 9.59 Å². The number of hydrogen-bond acceptors (Lipinski definition) is 8. The number of aromatic nitrogens is 2. The second kappa shape index (κ2) is 8.52. The summed E-state index contributed by atoms with van der Waals surface area (Å²) >= 11 is 0. The second-order valence-corrected chi connectivity index (χ2v) is 8.85. The molecule has 0 aliphatic carbocycles. The van der Waals surface area contributed by atoms with Crippen molar-refractivity contribution in [1.29, 1.82) is 0 Å². The SMILES string of the molecule is NCC(=O)NCOCc1ccc2ccc3nc4c(cc3c2c1)Cn1c-4cc2c(c1=O)COC(=O)C2O. The van der Waals surface area contributed by atoms with E-state index in [1.807, 2.05) is 36.4 Å². The normalized spacial score (nSPS) is 15.9. The number of carbonyl (C=O) groups excluding carboxylic acids is 2. The number of ether oxygens (including phenoxy) is 2. The lowest BCUT2D eigenvalue weighted by Crippen LogP contribution is -2.32. The molecular formula is C26H22N4O6. The number of cyclic esters (lactones) is 1. The van der Waals surface area contributed by atoms with Crippen molar-refractivity contribution >= 4 is 33.6 Å². The van der Waals surface area contributed by atoms with E-state index in [4.69, 9.17) is 20.2 Å². The van der Waals surface area contributed by atoms with Crippen LogP contribution in [-0.4, -0.2) is 39.8 Å². The lowest BCUT2D eigenvalue weighted by molar-refractivity contribution is -0.157. The van der Waals surface area contributed by atoms with Crippen LogP contribution in [0.3, 0.4) is 0 Å². The van der Waals surface area contributed by atoms with Gasteiger partial charge in [-0.2, -0.15) is 0 Å². The molecule has 10 nitrogen and oxygen atoms in total. The highest BCUT2D eigenvalue weighted by atomic mass is 16.5. The highest BCUT2D eigenvalue weighted by Gasteiger charge is 2.33. The number of benzene rings is 2. The van der Waals surface area contributed by atoms with Gasteiger partial charge >= 0.3 is 5.97 Å². The average molecular weight is 486 g/mol. The minimum atomic E-state index is -1.48. The molecule has 2 aromatic heterocycles. The minimum Gasteiger partial charge on any atom is -0.458 e. The van der Waals surface area contributed by atoms with Crippen LogP contribution in [0.1, 0.15) is 28.4 Å². The first-order valence-electron chi connectivity index (χ1n) is 11.5. The monoisotopic (exact) mass is 486 g/mol. The minimum absolute atomic E-state index is 0.0704. The molecule has 10 heteroatoms. The van der Waals surface area contributed by atoms with Gasteiger partial charge in [-0.1, -0.05) is 18.2 Å². The summed E-state index contributed by atoms with van der Waals surface area (Å²) in [6, 6.07) is 13.6. The van der Waals surface area contributed by atoms with Gasteiger partial charge in [0, 0.05) is 16.5 Å². The number of amides is 1. The molecule has 0 spiro atoms. The Hall–Kier alpha value is -4.12. The molecule has 6 rings (SSSR count). The fourth-order valence-electron chi connectivity index (χ4n) is 4.84. The fourth-order valence-corrected chi connectivity index (χ4v) is 4.84. The van der Waals surface area contributed by atoms with E-state index in [0.717, 1.165) is 32.8 Å². The molecule has 4 heterocycles. The molecule has 4 N–H and O–H groups in total. The van der Waals surface area contributed by atoms with Gasteiger partial charge in [0.15, 0.2) is 6.10 Å². The van der Waals surface area contributed by atoms with Gasteiger partial charge in [-0.25, -0.2) is 9.78 Å². The smallest absolute Gasteiger partial charge is 0.340 e. The number of fused-ring (bicyclic) bond motifs is 7. The predicted molar refractivity (Wildman–Crippen MR) is 130 cm³/mol. The highest BCUT2D eigenvalue weighted by Crippen LogP contribution is 2.37. The van der Waals surface area contributed by atoms with Crippen LogP contribution in [0.5, 0.6) is 0 Å². The van der Waals surface area contributed by atoms with E-state index in [0.29, 0.717) is 30.1 Å². The molecule has 0 saturated heterocycles. The third-order valence-electron chi connectivity index (χ3n) is 6.67. The van der Waals surface area contributed by atoms with Crippen LogP contribution in [0.2, 0.25) is 0 Å². The van der Waals surface area contributed by atoms with Crippen LogP contribution in [0.15, 0.2) is 47.3 Å². The van der Waals surface area contributed by atoms with E-state index in [9.17, 15) is 19.5 Å². The van der Waals surface area contributed by atoms with E-state index in [1.165, 1.54) is 0 Å². The maximum Gasteiger partial charge on any atom is 0.340 e. The van der Waals surface area contributed by atoms with Crippen LogP contribution >= 0.6 is 0 Å². The number of esters is 1. The van der Waals surface area contributed by atoms with Gasteiger partial charge in [0.2, 0.25) is 5.91 Å². The Morgan fingerprint density at radius 1 is 1.19 bits per heavy atom. The maximum absolute atomic E-state index is 13.1. The number of carbonyl (C=O) groups is 2. The Balaban J connectivity index is 1.39. The molecule has 2 aliphatic heterocycles. The largest absolute Gasteiger partial charge is 0.458 e. The van der Waals surface area contributed by atoms with Crippen LogP contribution in [0, 0.1) is 0 Å². The van der Waals surface area contributed by atoms with Crippen molar-refractivity contribution in [3.8, 4) is 11.4 Å². The van der Waals surface area contributed by atoms with E-state index in [2.05, 4.69) is 5.32 Å². The van der Waals surface area contributed by atoms with Gasteiger partial charge in [-0.05, 0) is 40.6 Å². The van der Waals surface area contributed by atoms with Gasteiger partial charge < -0.3 is 30.2 Å². The number of pyridine rings is 2. The number of aliphatic hydroxyl groups is 1. The summed E-state index contributed by atoms with van der Waals surface area (Å²) in [5.74, 6) is -1.04. The summed E-state index contributed by atoms with van der Waals surface area (Å²) in [6.07, 6.45) is -1.48. The number of nitrogens with two attached hydrogens (primary N) is 1. The van der Waals surface area contributed by atoms with Crippen molar-refractivity contribution < 1.29 is 24.2 Å². The molecule has 0 bridgehead atoms. The molecule has 1 unspecified atom stereocenters. The average Bonchev–Trinajstić information content (AvgIpc) is 3.25. The quantitative estimate of drug-likeness (QED) is 0.145. The summed E-state index contributed by atoms with van der Waals surface area (Å²) < 4.78 is 12.1. The molecule has 0 fully saturated rings. The molecule has 1 amide bonds. The van der Waals surface area contributed by atoms with Gasteiger partial charge in [-0.15, -0.1) is 0 Å². The van der Waals surface area contributed by atoms with Crippen molar-refractivity contribution in [3.05, 3.63) is 75.1 Å². The zero-order valence-corrected chi connectivity index (χ0v) is 19.1. The van der Waals surface area contributed by atoms with Gasteiger partial charge in [0.25, 0.3) is 5.56 Å². The van der Waals surface area contributed by atoms with Crippen molar-refractivity contribution in [2.75, 3.05) is 13.3 Å². The number of aliphatic hydroxyl groups excluding tert-OH is 1. The zero-order chi connectivity index (χ0) is 25.0.